The first kappa shape index (κ1) is 11.0. The molecule has 0 aliphatic carbocycles. The van der Waals surface area contributed by atoms with Gasteiger partial charge in [0.25, 0.3) is 0 Å². The first-order chi connectivity index (χ1) is 7.63. The van der Waals surface area contributed by atoms with Gasteiger partial charge in [0.05, 0.1) is 7.11 Å². The highest BCUT2D eigenvalue weighted by molar-refractivity contribution is 5.78. The number of hydrogen-bond acceptors (Lipinski definition) is 3. The Morgan fingerprint density at radius 1 is 1.50 bits per heavy atom. The third kappa shape index (κ3) is 1.78. The smallest absolute Gasteiger partial charge is 0.327 e. The van der Waals surface area contributed by atoms with E-state index in [-0.39, 0.29) is 5.56 Å². The molecule has 0 saturated heterocycles. The average molecular weight is 227 g/mol. The molecule has 0 bridgehead atoms. The molecule has 16 heavy (non-hydrogen) atoms. The van der Waals surface area contributed by atoms with E-state index in [0.717, 1.165) is 6.07 Å². The summed E-state index contributed by atoms with van der Waals surface area (Å²) < 4.78 is 31.1. The minimum absolute atomic E-state index is 0.194. The fourth-order valence-electron chi connectivity index (χ4n) is 1.94. The lowest BCUT2D eigenvalue weighted by Crippen LogP contribution is -2.36. The van der Waals surface area contributed by atoms with Crippen LogP contribution in [0.5, 0.6) is 0 Å². The zero-order valence-electron chi connectivity index (χ0n) is 8.72. The van der Waals surface area contributed by atoms with Crippen LogP contribution in [-0.4, -0.2) is 19.6 Å². The number of fused-ring (bicyclic) bond motifs is 1. The van der Waals surface area contributed by atoms with Crippen LogP contribution in [0.2, 0.25) is 0 Å². The Hall–Kier alpha value is -1.49. The Morgan fingerprint density at radius 2 is 2.25 bits per heavy atom. The topological polar surface area (TPSA) is 38.3 Å². The van der Waals surface area contributed by atoms with Gasteiger partial charge in [-0.15, -0.1) is 0 Å². The number of nitrogens with one attached hydrogen (secondary N) is 1. The van der Waals surface area contributed by atoms with Crippen molar-refractivity contribution >= 4 is 5.97 Å². The molecule has 2 rings (SSSR count). The Bertz CT molecular complexity index is 434. The number of rotatable bonds is 1. The Balaban J connectivity index is 2.49. The van der Waals surface area contributed by atoms with Crippen LogP contribution in [0, 0.1) is 11.6 Å². The number of carbonyl (C=O) groups is 1. The number of esters is 1. The van der Waals surface area contributed by atoms with Gasteiger partial charge in [-0.25, -0.2) is 13.6 Å². The van der Waals surface area contributed by atoms with Gasteiger partial charge in [0.2, 0.25) is 0 Å². The Morgan fingerprint density at radius 3 is 2.94 bits per heavy atom. The molecule has 0 amide bonds. The van der Waals surface area contributed by atoms with Gasteiger partial charge in [-0.3, -0.25) is 0 Å². The molecule has 0 aromatic heterocycles. The van der Waals surface area contributed by atoms with E-state index in [1.807, 2.05) is 0 Å². The third-order valence-corrected chi connectivity index (χ3v) is 2.65. The van der Waals surface area contributed by atoms with Crippen LogP contribution >= 0.6 is 0 Å². The number of carbonyl (C=O) groups excluding carboxylic acids is 1. The molecule has 1 atom stereocenters. The number of halogens is 2. The molecule has 1 N–H and O–H groups in total. The molecule has 0 fully saturated rings. The van der Waals surface area contributed by atoms with E-state index < -0.39 is 23.6 Å². The lowest BCUT2D eigenvalue weighted by Gasteiger charge is -2.25. The normalized spacial score (nSPS) is 19.1. The maximum absolute atomic E-state index is 13.6. The molecule has 1 unspecified atom stereocenters. The summed E-state index contributed by atoms with van der Waals surface area (Å²) in [5.41, 5.74) is 0.714. The molecule has 3 nitrogen and oxygen atoms in total. The number of ether oxygens (including phenoxy) is 1. The highest BCUT2D eigenvalue weighted by atomic mass is 19.1. The van der Waals surface area contributed by atoms with Gasteiger partial charge >= 0.3 is 5.97 Å². The van der Waals surface area contributed by atoms with Gasteiger partial charge in [-0.05, 0) is 18.1 Å². The molecule has 1 aliphatic heterocycles. The average Bonchev–Trinajstić information content (AvgIpc) is 2.26. The van der Waals surface area contributed by atoms with Crippen LogP contribution in [0.25, 0.3) is 0 Å². The van der Waals surface area contributed by atoms with Gasteiger partial charge in [0.1, 0.15) is 17.7 Å². The highest BCUT2D eigenvalue weighted by Crippen LogP contribution is 2.27. The van der Waals surface area contributed by atoms with Crippen molar-refractivity contribution in [3.05, 3.63) is 34.9 Å². The van der Waals surface area contributed by atoms with Gasteiger partial charge in [0.15, 0.2) is 0 Å². The molecule has 86 valence electrons. The van der Waals surface area contributed by atoms with E-state index in [1.54, 1.807) is 0 Å². The van der Waals surface area contributed by atoms with E-state index in [1.165, 1.54) is 13.2 Å². The number of benzene rings is 1. The van der Waals surface area contributed by atoms with Crippen LogP contribution in [0.15, 0.2) is 12.1 Å². The molecule has 0 spiro atoms. The van der Waals surface area contributed by atoms with E-state index in [9.17, 15) is 13.6 Å². The third-order valence-electron chi connectivity index (χ3n) is 2.65. The largest absolute Gasteiger partial charge is 0.468 e. The SMILES string of the molecule is COC(=O)C1NCCc2cc(F)cc(F)c21. The van der Waals surface area contributed by atoms with E-state index >= 15 is 0 Å². The van der Waals surface area contributed by atoms with Crippen LogP contribution in [-0.2, 0) is 16.0 Å². The van der Waals surface area contributed by atoms with Crippen molar-refractivity contribution < 1.29 is 18.3 Å². The molecule has 0 radical (unpaired) electrons. The summed E-state index contributed by atoms with van der Waals surface area (Å²) in [4.78, 5) is 11.4. The monoisotopic (exact) mass is 227 g/mol. The fraction of sp³-hybridized carbons (Fsp3) is 0.364. The summed E-state index contributed by atoms with van der Waals surface area (Å²) in [6, 6.07) is 1.20. The van der Waals surface area contributed by atoms with Crippen molar-refractivity contribution in [3.63, 3.8) is 0 Å². The Labute approximate surface area is 91.4 Å². The second kappa shape index (κ2) is 4.17. The van der Waals surface area contributed by atoms with Gasteiger partial charge in [-0.1, -0.05) is 0 Å². The summed E-state index contributed by atoms with van der Waals surface area (Å²) in [6.07, 6.45) is 0.498. The van der Waals surface area contributed by atoms with Crippen molar-refractivity contribution in [2.45, 2.75) is 12.5 Å². The van der Waals surface area contributed by atoms with Gasteiger partial charge in [-0.2, -0.15) is 0 Å². The second-order valence-electron chi connectivity index (χ2n) is 3.62. The van der Waals surface area contributed by atoms with Crippen molar-refractivity contribution in [1.29, 1.82) is 0 Å². The predicted molar refractivity (Wildman–Crippen MR) is 52.8 cm³/mol. The minimum Gasteiger partial charge on any atom is -0.468 e. The number of hydrogen-bond donors (Lipinski definition) is 1. The predicted octanol–water partition coefficient (Wildman–Crippen LogP) is 1.32. The summed E-state index contributed by atoms with van der Waals surface area (Å²) in [7, 11) is 1.24. The molecule has 1 aliphatic rings. The maximum Gasteiger partial charge on any atom is 0.327 e. The van der Waals surface area contributed by atoms with E-state index in [0.29, 0.717) is 18.5 Å². The first-order valence-electron chi connectivity index (χ1n) is 4.92. The molecule has 1 aromatic carbocycles. The molecule has 1 aromatic rings. The van der Waals surface area contributed by atoms with Crippen LogP contribution in [0.4, 0.5) is 8.78 Å². The zero-order chi connectivity index (χ0) is 11.7. The maximum atomic E-state index is 13.6. The lowest BCUT2D eigenvalue weighted by molar-refractivity contribution is -0.143. The second-order valence-corrected chi connectivity index (χ2v) is 3.62. The van der Waals surface area contributed by atoms with Crippen LogP contribution in [0.3, 0.4) is 0 Å². The molecule has 0 saturated carbocycles. The lowest BCUT2D eigenvalue weighted by atomic mass is 9.93. The highest BCUT2D eigenvalue weighted by Gasteiger charge is 2.30. The summed E-state index contributed by atoms with van der Waals surface area (Å²) in [5.74, 6) is -1.90. The molecule has 5 heteroatoms. The Kier molecular flexibility index (Phi) is 2.87. The van der Waals surface area contributed by atoms with Gasteiger partial charge < -0.3 is 10.1 Å². The fourth-order valence-corrected chi connectivity index (χ4v) is 1.94. The summed E-state index contributed by atoms with van der Waals surface area (Å²) >= 11 is 0. The summed E-state index contributed by atoms with van der Waals surface area (Å²) in [6.45, 7) is 0.496. The first-order valence-corrected chi connectivity index (χ1v) is 4.92. The molecule has 1 heterocycles. The van der Waals surface area contributed by atoms with Crippen molar-refractivity contribution in [3.8, 4) is 0 Å². The molecular weight excluding hydrogens is 216 g/mol. The zero-order valence-corrected chi connectivity index (χ0v) is 8.72. The van der Waals surface area contributed by atoms with Crippen molar-refractivity contribution in [1.82, 2.24) is 5.32 Å². The van der Waals surface area contributed by atoms with Gasteiger partial charge in [0, 0.05) is 18.2 Å². The van der Waals surface area contributed by atoms with Crippen molar-refractivity contribution in [2.75, 3.05) is 13.7 Å². The standard InChI is InChI=1S/C11H11F2NO2/c1-16-11(15)10-9-6(2-3-14-10)4-7(12)5-8(9)13/h4-5,10,14H,2-3H2,1H3. The summed E-state index contributed by atoms with van der Waals surface area (Å²) in [5, 5.41) is 2.85. The van der Waals surface area contributed by atoms with E-state index in [2.05, 4.69) is 10.1 Å². The van der Waals surface area contributed by atoms with Crippen molar-refractivity contribution in [2.24, 2.45) is 0 Å². The quantitative estimate of drug-likeness (QED) is 0.735. The number of methoxy groups -OCH3 is 1. The van der Waals surface area contributed by atoms with E-state index in [4.69, 9.17) is 0 Å². The minimum atomic E-state index is -0.839. The van der Waals surface area contributed by atoms with Crippen LogP contribution < -0.4 is 5.32 Å². The van der Waals surface area contributed by atoms with Crippen LogP contribution in [0.1, 0.15) is 17.2 Å². The molecular formula is C11H11F2NO2.